The van der Waals surface area contributed by atoms with Gasteiger partial charge in [0.1, 0.15) is 11.4 Å². The average molecular weight is 239 g/mol. The molecule has 3 heteroatoms. The molecule has 0 atom stereocenters. The molecule has 0 saturated heterocycles. The fourth-order valence-electron chi connectivity index (χ4n) is 2.11. The average Bonchev–Trinajstić information content (AvgIpc) is 2.28. The van der Waals surface area contributed by atoms with E-state index in [1.54, 1.807) is 18.2 Å². The third kappa shape index (κ3) is 1.82. The Morgan fingerprint density at radius 3 is 2.69 bits per heavy atom. The van der Waals surface area contributed by atoms with Crippen LogP contribution in [0.5, 0.6) is 5.75 Å². The highest BCUT2D eigenvalue weighted by Gasteiger charge is 2.37. The molecule has 0 amide bonds. The first-order valence-electron chi connectivity index (χ1n) is 5.62. The summed E-state index contributed by atoms with van der Waals surface area (Å²) in [5, 5.41) is 0.606. The number of rotatable bonds is 2. The Labute approximate surface area is 101 Å². The van der Waals surface area contributed by atoms with E-state index in [-0.39, 0.29) is 11.4 Å². The van der Waals surface area contributed by atoms with Gasteiger partial charge in [-0.15, -0.1) is 0 Å². The molecular weight excluding hydrogens is 224 g/mol. The monoisotopic (exact) mass is 238 g/mol. The lowest BCUT2D eigenvalue weighted by Gasteiger charge is -2.36. The third-order valence-corrected chi connectivity index (χ3v) is 3.58. The van der Waals surface area contributed by atoms with Gasteiger partial charge in [0.05, 0.1) is 12.0 Å². The van der Waals surface area contributed by atoms with Crippen LogP contribution < -0.4 is 4.74 Å². The summed E-state index contributed by atoms with van der Waals surface area (Å²) in [5.41, 5.74) is 0.316. The largest absolute Gasteiger partial charge is 0.486 e. The third-order valence-electron chi connectivity index (χ3n) is 3.34. The number of ether oxygens (including phenoxy) is 1. The first-order chi connectivity index (χ1) is 7.60. The molecule has 1 aliphatic rings. The van der Waals surface area contributed by atoms with Crippen molar-refractivity contribution in [1.29, 1.82) is 0 Å². The van der Waals surface area contributed by atoms with Gasteiger partial charge in [0.25, 0.3) is 0 Å². The summed E-state index contributed by atoms with van der Waals surface area (Å²) in [5.74, 6) is 0.786. The smallest absolute Gasteiger partial charge is 0.170 e. The van der Waals surface area contributed by atoms with Gasteiger partial charge in [0.15, 0.2) is 5.78 Å². The molecule has 1 aromatic rings. The highest BCUT2D eigenvalue weighted by molar-refractivity contribution is 6.30. The van der Waals surface area contributed by atoms with Gasteiger partial charge in [-0.1, -0.05) is 25.4 Å². The van der Waals surface area contributed by atoms with Crippen LogP contribution in [0.4, 0.5) is 0 Å². The zero-order valence-corrected chi connectivity index (χ0v) is 10.3. The number of hydrogen-bond acceptors (Lipinski definition) is 2. The maximum atomic E-state index is 12.0. The number of carbonyl (C=O) groups excluding carboxylic acids is 1. The minimum Gasteiger partial charge on any atom is -0.486 e. The molecule has 0 fully saturated rings. The first-order valence-corrected chi connectivity index (χ1v) is 6.00. The van der Waals surface area contributed by atoms with Crippen LogP contribution in [0.15, 0.2) is 18.2 Å². The van der Waals surface area contributed by atoms with Crippen LogP contribution in [0.1, 0.15) is 43.5 Å². The highest BCUT2D eigenvalue weighted by atomic mass is 35.5. The van der Waals surface area contributed by atoms with Gasteiger partial charge in [-0.05, 0) is 31.0 Å². The maximum Gasteiger partial charge on any atom is 0.170 e. The fraction of sp³-hybridized carbons (Fsp3) is 0.462. The van der Waals surface area contributed by atoms with Crippen molar-refractivity contribution in [2.45, 2.75) is 38.7 Å². The van der Waals surface area contributed by atoms with Gasteiger partial charge >= 0.3 is 0 Å². The topological polar surface area (TPSA) is 26.3 Å². The van der Waals surface area contributed by atoms with E-state index in [2.05, 4.69) is 0 Å². The second-order valence-electron chi connectivity index (χ2n) is 4.23. The SMILES string of the molecule is CCC1(CC)CC(=O)c2ccc(Cl)cc2O1. The Kier molecular flexibility index (Phi) is 2.94. The van der Waals surface area contributed by atoms with Crippen molar-refractivity contribution < 1.29 is 9.53 Å². The number of fused-ring (bicyclic) bond motifs is 1. The van der Waals surface area contributed by atoms with Gasteiger partial charge in [-0.3, -0.25) is 4.79 Å². The summed E-state index contributed by atoms with van der Waals surface area (Å²) in [6.07, 6.45) is 2.14. The predicted molar refractivity (Wildman–Crippen MR) is 64.3 cm³/mol. The molecule has 0 unspecified atom stereocenters. The number of carbonyl (C=O) groups is 1. The van der Waals surface area contributed by atoms with Crippen molar-refractivity contribution in [1.82, 2.24) is 0 Å². The quantitative estimate of drug-likeness (QED) is 0.782. The molecule has 1 aromatic carbocycles. The zero-order valence-electron chi connectivity index (χ0n) is 9.55. The number of benzene rings is 1. The van der Waals surface area contributed by atoms with E-state index < -0.39 is 0 Å². The zero-order chi connectivity index (χ0) is 11.8. The Morgan fingerprint density at radius 1 is 1.38 bits per heavy atom. The van der Waals surface area contributed by atoms with Crippen molar-refractivity contribution in [3.63, 3.8) is 0 Å². The van der Waals surface area contributed by atoms with Crippen LogP contribution in [-0.4, -0.2) is 11.4 Å². The van der Waals surface area contributed by atoms with Gasteiger partial charge in [-0.2, -0.15) is 0 Å². The summed E-state index contributed by atoms with van der Waals surface area (Å²) in [7, 11) is 0. The molecule has 0 saturated carbocycles. The number of ketones is 1. The molecule has 0 bridgehead atoms. The lowest BCUT2D eigenvalue weighted by Crippen LogP contribution is -2.40. The minimum atomic E-state index is -0.339. The maximum absolute atomic E-state index is 12.0. The van der Waals surface area contributed by atoms with Crippen molar-refractivity contribution in [3.05, 3.63) is 28.8 Å². The molecule has 1 aliphatic heterocycles. The number of hydrogen-bond donors (Lipinski definition) is 0. The molecule has 16 heavy (non-hydrogen) atoms. The first kappa shape index (κ1) is 11.5. The van der Waals surface area contributed by atoms with Gasteiger partial charge in [0, 0.05) is 5.02 Å². The predicted octanol–water partition coefficient (Wildman–Crippen LogP) is 3.86. The van der Waals surface area contributed by atoms with Crippen molar-refractivity contribution in [2.24, 2.45) is 0 Å². The van der Waals surface area contributed by atoms with E-state index in [4.69, 9.17) is 16.3 Å². The second kappa shape index (κ2) is 4.10. The van der Waals surface area contributed by atoms with E-state index >= 15 is 0 Å². The molecule has 0 radical (unpaired) electrons. The van der Waals surface area contributed by atoms with Crippen molar-refractivity contribution in [3.8, 4) is 5.75 Å². The molecule has 2 nitrogen and oxygen atoms in total. The Balaban J connectivity index is 2.45. The van der Waals surface area contributed by atoms with Gasteiger partial charge < -0.3 is 4.74 Å². The molecule has 86 valence electrons. The van der Waals surface area contributed by atoms with Gasteiger partial charge in [-0.25, -0.2) is 0 Å². The van der Waals surface area contributed by atoms with Crippen LogP contribution in [-0.2, 0) is 0 Å². The lowest BCUT2D eigenvalue weighted by molar-refractivity contribution is 0.0350. The molecular formula is C13H15ClO2. The number of halogens is 1. The fourth-order valence-corrected chi connectivity index (χ4v) is 2.27. The molecule has 0 aromatic heterocycles. The van der Waals surface area contributed by atoms with Crippen LogP contribution in [0, 0.1) is 0 Å². The lowest BCUT2D eigenvalue weighted by atomic mass is 9.86. The Bertz CT molecular complexity index is 422. The van der Waals surface area contributed by atoms with Crippen LogP contribution in [0.3, 0.4) is 0 Å². The van der Waals surface area contributed by atoms with Crippen LogP contribution in [0.2, 0.25) is 5.02 Å². The molecule has 2 rings (SSSR count). The van der Waals surface area contributed by atoms with E-state index in [9.17, 15) is 4.79 Å². The Hall–Kier alpha value is -1.02. The second-order valence-corrected chi connectivity index (χ2v) is 4.67. The summed E-state index contributed by atoms with van der Waals surface area (Å²) in [4.78, 5) is 12.0. The van der Waals surface area contributed by atoms with E-state index in [0.717, 1.165) is 12.8 Å². The summed E-state index contributed by atoms with van der Waals surface area (Å²) < 4.78 is 5.96. The summed E-state index contributed by atoms with van der Waals surface area (Å²) in [6, 6.07) is 5.20. The standard InChI is InChI=1S/C13H15ClO2/c1-3-13(4-2)8-11(15)10-6-5-9(14)7-12(10)16-13/h5-7H,3-4,8H2,1-2H3. The van der Waals surface area contributed by atoms with Crippen LogP contribution in [0.25, 0.3) is 0 Å². The molecule has 0 spiro atoms. The van der Waals surface area contributed by atoms with E-state index in [1.165, 1.54) is 0 Å². The molecule has 0 aliphatic carbocycles. The highest BCUT2D eigenvalue weighted by Crippen LogP contribution is 2.38. The summed E-state index contributed by atoms with van der Waals surface area (Å²) >= 11 is 5.91. The molecule has 0 N–H and O–H groups in total. The Morgan fingerprint density at radius 2 is 2.06 bits per heavy atom. The van der Waals surface area contributed by atoms with Gasteiger partial charge in [0.2, 0.25) is 0 Å². The van der Waals surface area contributed by atoms with E-state index in [0.29, 0.717) is 22.8 Å². The van der Waals surface area contributed by atoms with Crippen molar-refractivity contribution in [2.75, 3.05) is 0 Å². The van der Waals surface area contributed by atoms with E-state index in [1.807, 2.05) is 13.8 Å². The van der Waals surface area contributed by atoms with Crippen molar-refractivity contribution >= 4 is 17.4 Å². The normalized spacial score (nSPS) is 17.8. The minimum absolute atomic E-state index is 0.154. The number of Topliss-reactive ketones (excluding diaryl/α,β-unsaturated/α-hetero) is 1. The van der Waals surface area contributed by atoms with Crippen LogP contribution >= 0.6 is 11.6 Å². The molecule has 1 heterocycles. The summed E-state index contributed by atoms with van der Waals surface area (Å²) in [6.45, 7) is 4.10.